The van der Waals surface area contributed by atoms with Gasteiger partial charge in [0, 0.05) is 35.4 Å². The van der Waals surface area contributed by atoms with Gasteiger partial charge in [-0.05, 0) is 57.7 Å². The van der Waals surface area contributed by atoms with Crippen molar-refractivity contribution in [1.29, 1.82) is 0 Å². The van der Waals surface area contributed by atoms with Crippen LogP contribution >= 0.6 is 11.8 Å². The summed E-state index contributed by atoms with van der Waals surface area (Å²) in [5.74, 6) is 0.492. The fourth-order valence-electron chi connectivity index (χ4n) is 4.83. The Morgan fingerprint density at radius 1 is 1.24 bits per heavy atom. The van der Waals surface area contributed by atoms with Crippen LogP contribution in [0.15, 0.2) is 52.6 Å². The highest BCUT2D eigenvalue weighted by molar-refractivity contribution is 8.01. The lowest BCUT2D eigenvalue weighted by atomic mass is 9.84. The summed E-state index contributed by atoms with van der Waals surface area (Å²) in [5.41, 5.74) is 7.33. The van der Waals surface area contributed by atoms with E-state index in [0.717, 1.165) is 29.8 Å². The Morgan fingerprint density at radius 2 is 2.03 bits per heavy atom. The molecule has 0 saturated carbocycles. The maximum atomic E-state index is 13.3. The number of amides is 1. The number of aromatic nitrogens is 2. The van der Waals surface area contributed by atoms with Gasteiger partial charge in [-0.25, -0.2) is 15.0 Å². The van der Waals surface area contributed by atoms with Crippen molar-refractivity contribution < 1.29 is 4.79 Å². The summed E-state index contributed by atoms with van der Waals surface area (Å²) in [5, 5.41) is 3.16. The van der Waals surface area contributed by atoms with Gasteiger partial charge in [0.15, 0.2) is 17.0 Å². The molecule has 3 N–H and O–H groups in total. The number of fused-ring (bicyclic) bond motifs is 1. The van der Waals surface area contributed by atoms with E-state index in [1.807, 2.05) is 29.2 Å². The van der Waals surface area contributed by atoms with Crippen molar-refractivity contribution in [1.82, 2.24) is 15.3 Å². The number of carbonyl (C=O) groups excluding carboxylic acids is 1. The Balaban J connectivity index is 1.38. The van der Waals surface area contributed by atoms with Crippen LogP contribution in [0.3, 0.4) is 0 Å². The van der Waals surface area contributed by atoms with Crippen LogP contribution in [0.4, 0.5) is 5.69 Å². The van der Waals surface area contributed by atoms with Gasteiger partial charge in [0.25, 0.3) is 5.91 Å². The van der Waals surface area contributed by atoms with Crippen LogP contribution in [0, 0.1) is 0 Å². The molecule has 1 aromatic heterocycles. The third-order valence-electron chi connectivity index (χ3n) is 6.49. The second kappa shape index (κ2) is 10.7. The number of unbranched alkanes of at least 4 members (excludes halogenated alkanes) is 2. The topological polar surface area (TPSA) is 96.5 Å². The van der Waals surface area contributed by atoms with Crippen LogP contribution in [-0.2, 0) is 4.79 Å². The number of para-hydroxylation sites is 1. The van der Waals surface area contributed by atoms with Gasteiger partial charge in [-0.2, -0.15) is 0 Å². The highest BCUT2D eigenvalue weighted by Gasteiger charge is 2.33. The van der Waals surface area contributed by atoms with E-state index in [9.17, 15) is 4.79 Å². The summed E-state index contributed by atoms with van der Waals surface area (Å²) in [6.45, 7) is 5.32. The SMILES string of the molecule is C[C@H]1CCC[C@@](C)(CCCCCN2C(=O)C(N=C(N)c3ncccn3)Sc3ccccc32)N1. The number of nitrogens with one attached hydrogen (secondary N) is 1. The van der Waals surface area contributed by atoms with E-state index in [0.29, 0.717) is 18.4 Å². The minimum atomic E-state index is -0.629. The van der Waals surface area contributed by atoms with Gasteiger partial charge in [0.1, 0.15) is 0 Å². The molecule has 1 unspecified atom stereocenters. The lowest BCUT2D eigenvalue weighted by Gasteiger charge is -2.39. The largest absolute Gasteiger partial charge is 0.381 e. The van der Waals surface area contributed by atoms with Crippen molar-refractivity contribution in [3.8, 4) is 0 Å². The zero-order valence-electron chi connectivity index (χ0n) is 19.5. The molecule has 0 aliphatic carbocycles. The summed E-state index contributed by atoms with van der Waals surface area (Å²) in [6, 6.07) is 10.3. The summed E-state index contributed by atoms with van der Waals surface area (Å²) in [4.78, 5) is 29.0. The van der Waals surface area contributed by atoms with Gasteiger partial charge in [0.05, 0.1) is 5.69 Å². The van der Waals surface area contributed by atoms with Crippen molar-refractivity contribution in [2.75, 3.05) is 11.4 Å². The minimum absolute atomic E-state index is 0.0349. The number of amidine groups is 1. The number of hydrogen-bond donors (Lipinski definition) is 2. The molecule has 1 aromatic carbocycles. The average Bonchev–Trinajstić information content (AvgIpc) is 2.81. The first-order valence-electron chi connectivity index (χ1n) is 11.9. The predicted octanol–water partition coefficient (Wildman–Crippen LogP) is 4.13. The minimum Gasteiger partial charge on any atom is -0.381 e. The molecule has 3 atom stereocenters. The third-order valence-corrected chi connectivity index (χ3v) is 7.62. The number of nitrogens with zero attached hydrogens (tertiary/aromatic N) is 4. The highest BCUT2D eigenvalue weighted by Crippen LogP contribution is 2.40. The summed E-state index contributed by atoms with van der Waals surface area (Å²) < 4.78 is 0. The number of rotatable bonds is 8. The Kier molecular flexibility index (Phi) is 7.65. The molecule has 33 heavy (non-hydrogen) atoms. The first kappa shape index (κ1) is 23.7. The predicted molar refractivity (Wildman–Crippen MR) is 135 cm³/mol. The number of piperidine rings is 1. The number of nitrogens with two attached hydrogens (primary N) is 1. The Labute approximate surface area is 200 Å². The van der Waals surface area contributed by atoms with Gasteiger partial charge in [-0.1, -0.05) is 43.2 Å². The first-order valence-corrected chi connectivity index (χ1v) is 12.8. The van der Waals surface area contributed by atoms with Crippen molar-refractivity contribution >= 4 is 29.2 Å². The van der Waals surface area contributed by atoms with Crippen molar-refractivity contribution in [3.05, 3.63) is 48.5 Å². The number of anilines is 1. The average molecular weight is 467 g/mol. The van der Waals surface area contributed by atoms with Crippen molar-refractivity contribution in [2.24, 2.45) is 10.7 Å². The van der Waals surface area contributed by atoms with Crippen LogP contribution in [-0.4, -0.2) is 45.2 Å². The second-order valence-corrected chi connectivity index (χ2v) is 10.4. The Hall–Kier alpha value is -2.45. The van der Waals surface area contributed by atoms with Gasteiger partial charge in [0.2, 0.25) is 0 Å². The molecule has 2 aliphatic heterocycles. The maximum Gasteiger partial charge on any atom is 0.262 e. The summed E-state index contributed by atoms with van der Waals surface area (Å²) >= 11 is 1.43. The molecule has 7 nitrogen and oxygen atoms in total. The third kappa shape index (κ3) is 5.92. The van der Waals surface area contributed by atoms with E-state index in [4.69, 9.17) is 5.73 Å². The number of carbonyl (C=O) groups is 1. The number of benzene rings is 1. The normalized spacial score (nSPS) is 25.7. The number of thioether (sulfide) groups is 1. The van der Waals surface area contributed by atoms with E-state index in [1.165, 1.54) is 37.4 Å². The second-order valence-electron chi connectivity index (χ2n) is 9.32. The molecule has 1 fully saturated rings. The molecule has 4 rings (SSSR count). The summed E-state index contributed by atoms with van der Waals surface area (Å²) in [7, 11) is 0. The van der Waals surface area contributed by atoms with E-state index >= 15 is 0 Å². The van der Waals surface area contributed by atoms with Crippen LogP contribution in [0.2, 0.25) is 0 Å². The number of hydrogen-bond acceptors (Lipinski definition) is 6. The maximum absolute atomic E-state index is 13.3. The Bertz CT molecular complexity index is 984. The quantitative estimate of drug-likeness (QED) is 0.345. The van der Waals surface area contributed by atoms with E-state index in [-0.39, 0.29) is 17.3 Å². The zero-order valence-corrected chi connectivity index (χ0v) is 20.4. The van der Waals surface area contributed by atoms with Gasteiger partial charge in [-0.3, -0.25) is 4.79 Å². The first-order chi connectivity index (χ1) is 16.0. The molecule has 1 saturated heterocycles. The molecule has 0 radical (unpaired) electrons. The van der Waals surface area contributed by atoms with E-state index in [2.05, 4.69) is 34.1 Å². The lowest BCUT2D eigenvalue weighted by molar-refractivity contribution is -0.118. The van der Waals surface area contributed by atoms with Crippen LogP contribution in [0.25, 0.3) is 0 Å². The van der Waals surface area contributed by atoms with Crippen LogP contribution in [0.5, 0.6) is 0 Å². The van der Waals surface area contributed by atoms with Gasteiger partial charge in [-0.15, -0.1) is 0 Å². The van der Waals surface area contributed by atoms with E-state index < -0.39 is 5.37 Å². The molecule has 8 heteroatoms. The molecule has 1 amide bonds. The van der Waals surface area contributed by atoms with Gasteiger partial charge < -0.3 is 16.0 Å². The summed E-state index contributed by atoms with van der Waals surface area (Å²) in [6.07, 6.45) is 11.5. The molecule has 0 bridgehead atoms. The molecule has 0 spiro atoms. The van der Waals surface area contributed by atoms with Crippen molar-refractivity contribution in [3.63, 3.8) is 0 Å². The van der Waals surface area contributed by atoms with Crippen LogP contribution in [0.1, 0.15) is 64.6 Å². The smallest absolute Gasteiger partial charge is 0.262 e. The zero-order chi connectivity index (χ0) is 23.3. The molecule has 2 aliphatic rings. The van der Waals surface area contributed by atoms with E-state index in [1.54, 1.807) is 18.5 Å². The monoisotopic (exact) mass is 466 g/mol. The molecule has 2 aromatic rings. The molecular formula is C25H34N6OS. The van der Waals surface area contributed by atoms with Crippen LogP contribution < -0.4 is 16.0 Å². The Morgan fingerprint density at radius 3 is 2.82 bits per heavy atom. The fourth-order valence-corrected chi connectivity index (χ4v) is 5.92. The highest BCUT2D eigenvalue weighted by atomic mass is 32.2. The van der Waals surface area contributed by atoms with Crippen molar-refractivity contribution in [2.45, 2.75) is 80.6 Å². The lowest BCUT2D eigenvalue weighted by Crippen LogP contribution is -2.50. The molecule has 176 valence electrons. The van der Waals surface area contributed by atoms with Gasteiger partial charge >= 0.3 is 0 Å². The fraction of sp³-hybridized carbons (Fsp3) is 0.520. The number of aliphatic imine (C=N–C) groups is 1. The molecular weight excluding hydrogens is 432 g/mol. The molecule has 3 heterocycles. The standard InChI is InChI=1S/C25H34N6OS/c1-18-10-8-14-25(2,30-18)13-6-3-7-17-31-19-11-4-5-12-20(19)33-23(24(31)32)29-21(26)22-27-15-9-16-28-22/h4-5,9,11-12,15-16,18,23,30H,3,6-8,10,13-14,17H2,1-2H3,(H2,26,29)/t18-,23?,25+/m0/s1.